The minimum absolute atomic E-state index is 0.222. The normalized spacial score (nSPS) is 20.8. The molecule has 2 heteroatoms. The largest absolute Gasteiger partial charge is 0.371 e. The average Bonchev–Trinajstić information content (AvgIpc) is 2.39. The second-order valence-corrected chi connectivity index (χ2v) is 4.50. The van der Waals surface area contributed by atoms with E-state index in [9.17, 15) is 4.79 Å². The van der Waals surface area contributed by atoms with Gasteiger partial charge in [0.25, 0.3) is 0 Å². The van der Waals surface area contributed by atoms with Crippen molar-refractivity contribution in [3.05, 3.63) is 29.8 Å². The number of hydrogen-bond donors (Lipinski definition) is 0. The molecule has 0 aromatic heterocycles. The molecule has 2 rings (SSSR count). The third kappa shape index (κ3) is 2.43. The molecule has 1 aliphatic rings. The van der Waals surface area contributed by atoms with E-state index < -0.39 is 0 Å². The maximum atomic E-state index is 10.8. The first-order chi connectivity index (χ1) is 7.83. The van der Waals surface area contributed by atoms with Gasteiger partial charge in [0, 0.05) is 24.7 Å². The van der Waals surface area contributed by atoms with Crippen LogP contribution in [0.15, 0.2) is 24.3 Å². The van der Waals surface area contributed by atoms with Crippen LogP contribution in [0.25, 0.3) is 0 Å². The lowest BCUT2D eigenvalue weighted by molar-refractivity contribution is -0.111. The van der Waals surface area contributed by atoms with Gasteiger partial charge in [0.2, 0.25) is 0 Å². The van der Waals surface area contributed by atoms with E-state index in [4.69, 9.17) is 0 Å². The van der Waals surface area contributed by atoms with E-state index >= 15 is 0 Å². The minimum Gasteiger partial charge on any atom is -0.371 e. The Kier molecular flexibility index (Phi) is 3.60. The van der Waals surface area contributed by atoms with Crippen molar-refractivity contribution >= 4 is 12.0 Å². The molecule has 86 valence electrons. The molecule has 0 aliphatic carbocycles. The van der Waals surface area contributed by atoms with E-state index in [0.29, 0.717) is 0 Å². The van der Waals surface area contributed by atoms with Crippen molar-refractivity contribution < 1.29 is 4.79 Å². The maximum absolute atomic E-state index is 10.8. The first-order valence-corrected chi connectivity index (χ1v) is 6.12. The highest BCUT2D eigenvalue weighted by atomic mass is 16.1. The van der Waals surface area contributed by atoms with Crippen LogP contribution in [0.5, 0.6) is 0 Å². The van der Waals surface area contributed by atoms with Gasteiger partial charge in [-0.05, 0) is 37.0 Å². The van der Waals surface area contributed by atoms with Crippen molar-refractivity contribution in [2.45, 2.75) is 26.2 Å². The summed E-state index contributed by atoms with van der Waals surface area (Å²) in [6.45, 7) is 4.13. The highest BCUT2D eigenvalue weighted by Gasteiger charge is 2.19. The molecule has 1 atom stereocenters. The number of rotatable bonds is 3. The standard InChI is InChI=1S/C14H19NO/c1-2-12-5-7-14(8-6-12)15-9-3-4-13(10-15)11-16/h5-8,11,13H,2-4,9-10H2,1H3. The number of carbonyl (C=O) groups is 1. The molecule has 1 aromatic rings. The lowest BCUT2D eigenvalue weighted by Crippen LogP contribution is -2.35. The minimum atomic E-state index is 0.222. The number of benzene rings is 1. The Morgan fingerprint density at radius 2 is 2.12 bits per heavy atom. The zero-order chi connectivity index (χ0) is 11.4. The molecule has 0 spiro atoms. The predicted octanol–water partition coefficient (Wildman–Crippen LogP) is 2.66. The molecule has 0 amide bonds. The number of hydrogen-bond acceptors (Lipinski definition) is 2. The van der Waals surface area contributed by atoms with Gasteiger partial charge in [-0.3, -0.25) is 0 Å². The van der Waals surface area contributed by atoms with Gasteiger partial charge in [-0.25, -0.2) is 0 Å². The summed E-state index contributed by atoms with van der Waals surface area (Å²) < 4.78 is 0. The third-order valence-corrected chi connectivity index (χ3v) is 3.36. The molecule has 0 saturated carbocycles. The van der Waals surface area contributed by atoms with Gasteiger partial charge < -0.3 is 9.69 Å². The van der Waals surface area contributed by atoms with Gasteiger partial charge in [0.1, 0.15) is 6.29 Å². The van der Waals surface area contributed by atoms with Gasteiger partial charge >= 0.3 is 0 Å². The van der Waals surface area contributed by atoms with E-state index in [0.717, 1.165) is 38.6 Å². The van der Waals surface area contributed by atoms with Crippen LogP contribution in [-0.2, 0) is 11.2 Å². The van der Waals surface area contributed by atoms with E-state index in [1.165, 1.54) is 11.3 Å². The number of carbonyl (C=O) groups excluding carboxylic acids is 1. The highest BCUT2D eigenvalue weighted by Crippen LogP contribution is 2.22. The molecule has 16 heavy (non-hydrogen) atoms. The van der Waals surface area contributed by atoms with Crippen LogP contribution in [0, 0.1) is 5.92 Å². The van der Waals surface area contributed by atoms with Crippen molar-refractivity contribution in [2.24, 2.45) is 5.92 Å². The quantitative estimate of drug-likeness (QED) is 0.725. The van der Waals surface area contributed by atoms with Crippen molar-refractivity contribution in [3.63, 3.8) is 0 Å². The Morgan fingerprint density at radius 1 is 1.38 bits per heavy atom. The predicted molar refractivity (Wildman–Crippen MR) is 66.8 cm³/mol. The lowest BCUT2D eigenvalue weighted by Gasteiger charge is -2.32. The fourth-order valence-corrected chi connectivity index (χ4v) is 2.30. The molecular weight excluding hydrogens is 198 g/mol. The Bertz CT molecular complexity index is 344. The third-order valence-electron chi connectivity index (χ3n) is 3.36. The van der Waals surface area contributed by atoms with Crippen molar-refractivity contribution in [3.8, 4) is 0 Å². The monoisotopic (exact) mass is 217 g/mol. The summed E-state index contributed by atoms with van der Waals surface area (Å²) in [4.78, 5) is 13.1. The molecular formula is C14H19NO. The number of anilines is 1. The average molecular weight is 217 g/mol. The van der Waals surface area contributed by atoms with Crippen LogP contribution in [0.3, 0.4) is 0 Å². The van der Waals surface area contributed by atoms with Gasteiger partial charge in [-0.1, -0.05) is 19.1 Å². The Hall–Kier alpha value is -1.31. The smallest absolute Gasteiger partial charge is 0.124 e. The Balaban J connectivity index is 2.07. The SMILES string of the molecule is CCc1ccc(N2CCCC(C=O)C2)cc1. The molecule has 0 bridgehead atoms. The number of aryl methyl sites for hydroxylation is 1. The number of nitrogens with zero attached hydrogens (tertiary/aromatic N) is 1. The van der Waals surface area contributed by atoms with Gasteiger partial charge in [0.15, 0.2) is 0 Å². The fourth-order valence-electron chi connectivity index (χ4n) is 2.30. The van der Waals surface area contributed by atoms with Crippen LogP contribution < -0.4 is 4.90 Å². The molecule has 0 radical (unpaired) electrons. The lowest BCUT2D eigenvalue weighted by atomic mass is 9.99. The number of aldehydes is 1. The summed E-state index contributed by atoms with van der Waals surface area (Å²) in [5.41, 5.74) is 2.62. The maximum Gasteiger partial charge on any atom is 0.124 e. The summed E-state index contributed by atoms with van der Waals surface area (Å²) in [5, 5.41) is 0. The molecule has 1 aromatic carbocycles. The summed E-state index contributed by atoms with van der Waals surface area (Å²) in [6, 6.07) is 8.71. The van der Waals surface area contributed by atoms with Crippen LogP contribution in [0.2, 0.25) is 0 Å². The molecule has 0 N–H and O–H groups in total. The van der Waals surface area contributed by atoms with Gasteiger partial charge in [-0.15, -0.1) is 0 Å². The molecule has 1 heterocycles. The first kappa shape index (κ1) is 11.2. The fraction of sp³-hybridized carbons (Fsp3) is 0.500. The number of piperidine rings is 1. The van der Waals surface area contributed by atoms with E-state index in [2.05, 4.69) is 36.1 Å². The van der Waals surface area contributed by atoms with Crippen molar-refractivity contribution in [2.75, 3.05) is 18.0 Å². The zero-order valence-electron chi connectivity index (χ0n) is 9.86. The van der Waals surface area contributed by atoms with Crippen molar-refractivity contribution in [1.29, 1.82) is 0 Å². The Morgan fingerprint density at radius 3 is 2.75 bits per heavy atom. The topological polar surface area (TPSA) is 20.3 Å². The molecule has 1 saturated heterocycles. The van der Waals surface area contributed by atoms with E-state index in [1.807, 2.05) is 0 Å². The first-order valence-electron chi connectivity index (χ1n) is 6.12. The zero-order valence-corrected chi connectivity index (χ0v) is 9.86. The molecule has 1 fully saturated rings. The van der Waals surface area contributed by atoms with Gasteiger partial charge in [0.05, 0.1) is 0 Å². The summed E-state index contributed by atoms with van der Waals surface area (Å²) in [6.07, 6.45) is 4.36. The van der Waals surface area contributed by atoms with Crippen LogP contribution in [0.4, 0.5) is 5.69 Å². The van der Waals surface area contributed by atoms with E-state index in [1.54, 1.807) is 0 Å². The van der Waals surface area contributed by atoms with E-state index in [-0.39, 0.29) is 5.92 Å². The van der Waals surface area contributed by atoms with Crippen LogP contribution in [0.1, 0.15) is 25.3 Å². The van der Waals surface area contributed by atoms with Crippen molar-refractivity contribution in [1.82, 2.24) is 0 Å². The summed E-state index contributed by atoms with van der Waals surface area (Å²) in [5.74, 6) is 0.222. The molecule has 2 nitrogen and oxygen atoms in total. The molecule has 1 aliphatic heterocycles. The highest BCUT2D eigenvalue weighted by molar-refractivity contribution is 5.57. The van der Waals surface area contributed by atoms with Crippen LogP contribution in [-0.4, -0.2) is 19.4 Å². The summed E-state index contributed by atoms with van der Waals surface area (Å²) >= 11 is 0. The van der Waals surface area contributed by atoms with Crippen LogP contribution >= 0.6 is 0 Å². The Labute approximate surface area is 97.3 Å². The second-order valence-electron chi connectivity index (χ2n) is 4.50. The summed E-state index contributed by atoms with van der Waals surface area (Å²) in [7, 11) is 0. The second kappa shape index (κ2) is 5.15. The van der Waals surface area contributed by atoms with Gasteiger partial charge in [-0.2, -0.15) is 0 Å². The molecule has 1 unspecified atom stereocenters.